The third-order valence-corrected chi connectivity index (χ3v) is 5.75. The molecule has 104 valence electrons. The summed E-state index contributed by atoms with van der Waals surface area (Å²) in [5.74, 6) is -0.207. The van der Waals surface area contributed by atoms with Crippen LogP contribution in [0.25, 0.3) is 0 Å². The van der Waals surface area contributed by atoms with Gasteiger partial charge in [-0.1, -0.05) is 0 Å². The van der Waals surface area contributed by atoms with Gasteiger partial charge in [0.05, 0.1) is 11.3 Å². The van der Waals surface area contributed by atoms with Crippen molar-refractivity contribution in [2.24, 2.45) is 5.41 Å². The smallest absolute Gasteiger partial charge is 0.303 e. The molecule has 7 heteroatoms. The highest BCUT2D eigenvalue weighted by molar-refractivity contribution is 8.00. The molecule has 19 heavy (non-hydrogen) atoms. The number of sulfone groups is 1. The summed E-state index contributed by atoms with van der Waals surface area (Å²) in [4.78, 5) is 15.1. The number of carbonyl (C=O) groups is 1. The predicted molar refractivity (Wildman–Crippen MR) is 72.0 cm³/mol. The van der Waals surface area contributed by atoms with Crippen LogP contribution < -0.4 is 0 Å². The van der Waals surface area contributed by atoms with Gasteiger partial charge >= 0.3 is 5.97 Å². The highest BCUT2D eigenvalue weighted by Gasteiger charge is 2.44. The van der Waals surface area contributed by atoms with Crippen molar-refractivity contribution in [1.82, 2.24) is 4.98 Å². The zero-order chi connectivity index (χ0) is 14.1. The Morgan fingerprint density at radius 1 is 1.53 bits per heavy atom. The predicted octanol–water partition coefficient (Wildman–Crippen LogP) is 1.83. The van der Waals surface area contributed by atoms with Crippen LogP contribution in [0.1, 0.15) is 19.3 Å². The molecule has 1 aliphatic carbocycles. The first-order valence-corrected chi connectivity index (χ1v) is 8.70. The monoisotopic (exact) mass is 301 g/mol. The molecule has 1 aromatic heterocycles. The molecule has 0 saturated heterocycles. The zero-order valence-electron chi connectivity index (χ0n) is 10.5. The summed E-state index contributed by atoms with van der Waals surface area (Å²) in [5, 5.41) is 9.31. The van der Waals surface area contributed by atoms with Crippen molar-refractivity contribution in [1.29, 1.82) is 0 Å². The molecule has 1 aromatic rings. The van der Waals surface area contributed by atoms with E-state index >= 15 is 0 Å². The maximum absolute atomic E-state index is 11.6. The summed E-state index contributed by atoms with van der Waals surface area (Å²) >= 11 is 1.33. The Bertz CT molecular complexity index is 594. The van der Waals surface area contributed by atoms with Crippen LogP contribution in [0.5, 0.6) is 0 Å². The van der Waals surface area contributed by atoms with E-state index in [-0.39, 0.29) is 16.7 Å². The number of nitrogens with zero attached hydrogens (tertiary/aromatic N) is 1. The maximum Gasteiger partial charge on any atom is 0.303 e. The molecule has 1 saturated carbocycles. The van der Waals surface area contributed by atoms with Crippen LogP contribution in [0.15, 0.2) is 28.3 Å². The number of carboxylic acids is 1. The fourth-order valence-corrected chi connectivity index (χ4v) is 4.36. The summed E-state index contributed by atoms with van der Waals surface area (Å²) in [6.07, 6.45) is 4.60. The normalized spacial score (nSPS) is 17.1. The van der Waals surface area contributed by atoms with Crippen LogP contribution in [0.4, 0.5) is 0 Å². The fraction of sp³-hybridized carbons (Fsp3) is 0.500. The van der Waals surface area contributed by atoms with Gasteiger partial charge in [0, 0.05) is 18.2 Å². The molecule has 0 spiro atoms. The van der Waals surface area contributed by atoms with Crippen molar-refractivity contribution < 1.29 is 18.3 Å². The molecule has 0 unspecified atom stereocenters. The van der Waals surface area contributed by atoms with E-state index in [0.29, 0.717) is 10.8 Å². The highest BCUT2D eigenvalue weighted by Crippen LogP contribution is 2.52. The lowest BCUT2D eigenvalue weighted by atomic mass is 10.1. The van der Waals surface area contributed by atoms with E-state index in [1.807, 2.05) is 0 Å². The Labute approximate surface area is 116 Å². The zero-order valence-corrected chi connectivity index (χ0v) is 12.1. The Morgan fingerprint density at radius 2 is 2.21 bits per heavy atom. The highest BCUT2D eigenvalue weighted by atomic mass is 32.2. The van der Waals surface area contributed by atoms with Crippen molar-refractivity contribution in [2.75, 3.05) is 12.0 Å². The van der Waals surface area contributed by atoms with Gasteiger partial charge in [0.15, 0.2) is 9.84 Å². The topological polar surface area (TPSA) is 84.3 Å². The molecular formula is C12H15NO4S2. The summed E-state index contributed by atoms with van der Waals surface area (Å²) < 4.78 is 23.2. The van der Waals surface area contributed by atoms with Crippen molar-refractivity contribution in [3.8, 4) is 0 Å². The lowest BCUT2D eigenvalue weighted by Gasteiger charge is -2.12. The van der Waals surface area contributed by atoms with E-state index in [2.05, 4.69) is 4.98 Å². The quantitative estimate of drug-likeness (QED) is 0.807. The van der Waals surface area contributed by atoms with Gasteiger partial charge in [0.25, 0.3) is 0 Å². The molecule has 1 aliphatic rings. The van der Waals surface area contributed by atoms with Gasteiger partial charge in [-0.2, -0.15) is 0 Å². The lowest BCUT2D eigenvalue weighted by Crippen LogP contribution is -2.11. The van der Waals surface area contributed by atoms with E-state index in [0.717, 1.165) is 19.1 Å². The first kappa shape index (κ1) is 14.3. The van der Waals surface area contributed by atoms with Gasteiger partial charge in [0.1, 0.15) is 5.03 Å². The van der Waals surface area contributed by atoms with Crippen molar-refractivity contribution in [3.05, 3.63) is 18.3 Å². The number of aliphatic carboxylic acids is 1. The van der Waals surface area contributed by atoms with E-state index in [1.54, 1.807) is 12.3 Å². The molecule has 1 N–H and O–H groups in total. The van der Waals surface area contributed by atoms with E-state index in [1.165, 1.54) is 17.8 Å². The van der Waals surface area contributed by atoms with Gasteiger partial charge in [-0.25, -0.2) is 13.4 Å². The van der Waals surface area contributed by atoms with E-state index in [4.69, 9.17) is 5.11 Å². The maximum atomic E-state index is 11.6. The van der Waals surface area contributed by atoms with Crippen LogP contribution in [-0.2, 0) is 14.6 Å². The molecular weight excluding hydrogens is 286 g/mol. The fourth-order valence-electron chi connectivity index (χ4n) is 1.86. The standard InChI is InChI=1S/C12H15NO4S2/c1-19(16,17)9-3-2-6-13-11(9)18-8-12(4-5-12)7-10(14)15/h2-3,6H,4-5,7-8H2,1H3,(H,14,15). The molecule has 0 aliphatic heterocycles. The molecule has 1 heterocycles. The van der Waals surface area contributed by atoms with Gasteiger partial charge in [0.2, 0.25) is 0 Å². The summed E-state index contributed by atoms with van der Waals surface area (Å²) in [6.45, 7) is 0. The molecule has 0 radical (unpaired) electrons. The molecule has 0 amide bonds. The van der Waals surface area contributed by atoms with Crippen LogP contribution in [0.3, 0.4) is 0 Å². The van der Waals surface area contributed by atoms with Gasteiger partial charge in [-0.05, 0) is 30.4 Å². The summed E-state index contributed by atoms with van der Waals surface area (Å²) in [7, 11) is -3.30. The third-order valence-electron chi connectivity index (χ3n) is 3.13. The Balaban J connectivity index is 2.11. The van der Waals surface area contributed by atoms with Crippen LogP contribution in [-0.4, -0.2) is 36.5 Å². The van der Waals surface area contributed by atoms with Gasteiger partial charge < -0.3 is 5.11 Å². The second-order valence-corrected chi connectivity index (χ2v) is 7.89. The molecule has 0 bridgehead atoms. The van der Waals surface area contributed by atoms with Crippen molar-refractivity contribution in [2.45, 2.75) is 29.2 Å². The lowest BCUT2D eigenvalue weighted by molar-refractivity contribution is -0.138. The average molecular weight is 301 g/mol. The Kier molecular flexibility index (Phi) is 3.87. The number of aromatic nitrogens is 1. The molecule has 5 nitrogen and oxygen atoms in total. The minimum absolute atomic E-state index is 0.140. The first-order chi connectivity index (χ1) is 8.82. The van der Waals surface area contributed by atoms with E-state index < -0.39 is 15.8 Å². The van der Waals surface area contributed by atoms with Gasteiger partial charge in [-0.3, -0.25) is 4.79 Å². The van der Waals surface area contributed by atoms with Crippen molar-refractivity contribution in [3.63, 3.8) is 0 Å². The largest absolute Gasteiger partial charge is 0.481 e. The summed E-state index contributed by atoms with van der Waals surface area (Å²) in [5.41, 5.74) is -0.178. The molecule has 2 rings (SSSR count). The Morgan fingerprint density at radius 3 is 2.74 bits per heavy atom. The second kappa shape index (κ2) is 5.13. The number of thioether (sulfide) groups is 1. The Hall–Kier alpha value is -1.08. The first-order valence-electron chi connectivity index (χ1n) is 5.82. The van der Waals surface area contributed by atoms with Crippen LogP contribution in [0, 0.1) is 5.41 Å². The summed E-state index contributed by atoms with van der Waals surface area (Å²) in [6, 6.07) is 3.12. The molecule has 0 aromatic carbocycles. The number of carboxylic acid groups (broad SMARTS) is 1. The minimum atomic E-state index is -3.30. The van der Waals surface area contributed by atoms with Crippen molar-refractivity contribution >= 4 is 27.6 Å². The van der Waals surface area contributed by atoms with Crippen LogP contribution >= 0.6 is 11.8 Å². The number of hydrogen-bond donors (Lipinski definition) is 1. The molecule has 1 fully saturated rings. The van der Waals surface area contributed by atoms with Gasteiger partial charge in [-0.15, -0.1) is 11.8 Å². The molecule has 0 atom stereocenters. The van der Waals surface area contributed by atoms with E-state index in [9.17, 15) is 13.2 Å². The third kappa shape index (κ3) is 3.70. The number of rotatable bonds is 6. The number of hydrogen-bond acceptors (Lipinski definition) is 5. The number of pyridine rings is 1. The second-order valence-electron chi connectivity index (χ2n) is 4.94. The average Bonchev–Trinajstić information content (AvgIpc) is 3.05. The minimum Gasteiger partial charge on any atom is -0.481 e. The van der Waals surface area contributed by atoms with Crippen LogP contribution in [0.2, 0.25) is 0 Å². The SMILES string of the molecule is CS(=O)(=O)c1cccnc1SCC1(CC(=O)O)CC1.